The summed E-state index contributed by atoms with van der Waals surface area (Å²) in [5.74, 6) is 2.33. The zero-order valence-corrected chi connectivity index (χ0v) is 20.3. The number of nitrogens with zero attached hydrogens (tertiary/aromatic N) is 2. The molecule has 0 saturated heterocycles. The molecule has 2 aromatic rings. The van der Waals surface area contributed by atoms with E-state index in [1.165, 1.54) is 5.56 Å². The second-order valence-electron chi connectivity index (χ2n) is 6.73. The summed E-state index contributed by atoms with van der Waals surface area (Å²) in [7, 11) is 7.22. The van der Waals surface area contributed by atoms with Crippen LogP contribution in [0, 0.1) is 0 Å². The van der Waals surface area contributed by atoms with Crippen LogP contribution in [0.25, 0.3) is 0 Å². The molecule has 2 aromatic carbocycles. The van der Waals surface area contributed by atoms with Crippen molar-refractivity contribution in [3.8, 4) is 11.5 Å². The van der Waals surface area contributed by atoms with Crippen LogP contribution >= 0.6 is 24.0 Å². The highest BCUT2D eigenvalue weighted by Crippen LogP contribution is 2.24. The van der Waals surface area contributed by atoms with E-state index in [9.17, 15) is 0 Å². The Morgan fingerprint density at radius 1 is 1.07 bits per heavy atom. The minimum absolute atomic E-state index is 0. The molecule has 0 aliphatic heterocycles. The second kappa shape index (κ2) is 13.3. The van der Waals surface area contributed by atoms with Crippen LogP contribution in [0.5, 0.6) is 11.5 Å². The molecule has 29 heavy (non-hydrogen) atoms. The van der Waals surface area contributed by atoms with E-state index in [1.54, 1.807) is 21.3 Å². The van der Waals surface area contributed by atoms with Crippen molar-refractivity contribution in [3.05, 3.63) is 59.7 Å². The van der Waals surface area contributed by atoms with E-state index in [0.29, 0.717) is 12.6 Å². The molecule has 0 radical (unpaired) electrons. The van der Waals surface area contributed by atoms with Crippen LogP contribution in [0.2, 0.25) is 0 Å². The molecular weight excluding hydrogens is 479 g/mol. The van der Waals surface area contributed by atoms with E-state index in [-0.39, 0.29) is 24.0 Å². The van der Waals surface area contributed by atoms with Gasteiger partial charge in [-0.25, -0.2) is 0 Å². The number of hydrogen-bond donors (Lipinski definition) is 2. The van der Waals surface area contributed by atoms with Gasteiger partial charge in [0.15, 0.2) is 5.96 Å². The summed E-state index contributed by atoms with van der Waals surface area (Å²) < 4.78 is 10.7. The minimum Gasteiger partial charge on any atom is -0.497 e. The van der Waals surface area contributed by atoms with Gasteiger partial charge in [0.1, 0.15) is 11.5 Å². The van der Waals surface area contributed by atoms with Crippen LogP contribution in [-0.4, -0.2) is 51.8 Å². The maximum atomic E-state index is 5.45. The molecule has 160 valence electrons. The lowest BCUT2D eigenvalue weighted by Crippen LogP contribution is -2.44. The summed E-state index contributed by atoms with van der Waals surface area (Å²) in [5.41, 5.74) is 2.35. The monoisotopic (exact) mass is 512 g/mol. The van der Waals surface area contributed by atoms with Gasteiger partial charge in [0.2, 0.25) is 0 Å². The molecule has 6 nitrogen and oxygen atoms in total. The molecule has 0 saturated carbocycles. The predicted molar refractivity (Wildman–Crippen MR) is 131 cm³/mol. The van der Waals surface area contributed by atoms with Gasteiger partial charge in [-0.1, -0.05) is 30.3 Å². The Labute approximate surface area is 191 Å². The molecular formula is C22H33IN4O2. The van der Waals surface area contributed by atoms with Crippen LogP contribution in [0.3, 0.4) is 0 Å². The van der Waals surface area contributed by atoms with Crippen molar-refractivity contribution in [1.29, 1.82) is 0 Å². The Bertz CT molecular complexity index is 756. The number of halogens is 1. The number of guanidine groups is 1. The number of benzene rings is 2. The van der Waals surface area contributed by atoms with Crippen molar-refractivity contribution in [2.45, 2.75) is 26.1 Å². The SMILES string of the molecule is CN=C(NCc1ccc(OC)cc1OC)NCC(C)N(C)Cc1ccccc1.I. The fraction of sp³-hybridized carbons (Fsp3) is 0.409. The van der Waals surface area contributed by atoms with E-state index in [1.807, 2.05) is 24.3 Å². The van der Waals surface area contributed by atoms with Crippen molar-refractivity contribution in [3.63, 3.8) is 0 Å². The maximum absolute atomic E-state index is 5.45. The first-order valence-electron chi connectivity index (χ1n) is 9.47. The van der Waals surface area contributed by atoms with Crippen LogP contribution in [0.15, 0.2) is 53.5 Å². The molecule has 2 rings (SSSR count). The van der Waals surface area contributed by atoms with Crippen LogP contribution in [-0.2, 0) is 13.1 Å². The molecule has 0 aromatic heterocycles. The van der Waals surface area contributed by atoms with Gasteiger partial charge in [-0.2, -0.15) is 0 Å². The summed E-state index contributed by atoms with van der Waals surface area (Å²) in [6.07, 6.45) is 0. The summed E-state index contributed by atoms with van der Waals surface area (Å²) >= 11 is 0. The maximum Gasteiger partial charge on any atom is 0.191 e. The first-order chi connectivity index (χ1) is 13.6. The Balaban J connectivity index is 0.00000420. The first kappa shape index (κ1) is 25.0. The molecule has 2 N–H and O–H groups in total. The highest BCUT2D eigenvalue weighted by molar-refractivity contribution is 14.0. The first-order valence-corrected chi connectivity index (χ1v) is 9.47. The molecule has 0 aliphatic carbocycles. The summed E-state index contributed by atoms with van der Waals surface area (Å²) in [4.78, 5) is 6.64. The quantitative estimate of drug-likeness (QED) is 0.306. The van der Waals surface area contributed by atoms with Gasteiger partial charge in [-0.15, -0.1) is 24.0 Å². The number of rotatable bonds is 9. The van der Waals surface area contributed by atoms with Crippen molar-refractivity contribution in [2.24, 2.45) is 4.99 Å². The topological polar surface area (TPSA) is 58.1 Å². The van der Waals surface area contributed by atoms with E-state index in [0.717, 1.165) is 36.1 Å². The smallest absolute Gasteiger partial charge is 0.191 e. The van der Waals surface area contributed by atoms with E-state index < -0.39 is 0 Å². The van der Waals surface area contributed by atoms with Gasteiger partial charge in [0.05, 0.1) is 14.2 Å². The van der Waals surface area contributed by atoms with Gasteiger partial charge >= 0.3 is 0 Å². The average Bonchev–Trinajstić information content (AvgIpc) is 2.74. The zero-order valence-electron chi connectivity index (χ0n) is 17.9. The van der Waals surface area contributed by atoms with Crippen molar-refractivity contribution in [2.75, 3.05) is 34.9 Å². The molecule has 0 fully saturated rings. The molecule has 0 aliphatic rings. The van der Waals surface area contributed by atoms with Gasteiger partial charge in [0, 0.05) is 44.4 Å². The number of likely N-dealkylation sites (N-methyl/N-ethyl adjacent to an activating group) is 1. The number of ether oxygens (including phenoxy) is 2. The van der Waals surface area contributed by atoms with Crippen molar-refractivity contribution in [1.82, 2.24) is 15.5 Å². The lowest BCUT2D eigenvalue weighted by Gasteiger charge is -2.26. The average molecular weight is 512 g/mol. The summed E-state index contributed by atoms with van der Waals surface area (Å²) in [6, 6.07) is 16.7. The van der Waals surface area contributed by atoms with Crippen molar-refractivity contribution >= 4 is 29.9 Å². The molecule has 1 unspecified atom stereocenters. The largest absolute Gasteiger partial charge is 0.497 e. The Morgan fingerprint density at radius 2 is 1.79 bits per heavy atom. The lowest BCUT2D eigenvalue weighted by molar-refractivity contribution is 0.249. The van der Waals surface area contributed by atoms with Crippen molar-refractivity contribution < 1.29 is 9.47 Å². The van der Waals surface area contributed by atoms with Crippen LogP contribution in [0.1, 0.15) is 18.1 Å². The van der Waals surface area contributed by atoms with Gasteiger partial charge in [-0.3, -0.25) is 9.89 Å². The fourth-order valence-corrected chi connectivity index (χ4v) is 2.82. The highest BCUT2D eigenvalue weighted by atomic mass is 127. The Morgan fingerprint density at radius 3 is 2.41 bits per heavy atom. The molecule has 0 amide bonds. The van der Waals surface area contributed by atoms with Gasteiger partial charge in [-0.05, 0) is 31.7 Å². The minimum atomic E-state index is 0. The predicted octanol–water partition coefficient (Wildman–Crippen LogP) is 3.51. The number of methoxy groups -OCH3 is 2. The summed E-state index contributed by atoms with van der Waals surface area (Å²) in [5, 5.41) is 6.74. The number of nitrogens with one attached hydrogen (secondary N) is 2. The molecule has 0 bridgehead atoms. The summed E-state index contributed by atoms with van der Waals surface area (Å²) in [6.45, 7) is 4.53. The van der Waals surface area contributed by atoms with Gasteiger partial charge < -0.3 is 20.1 Å². The normalized spacial score (nSPS) is 12.1. The zero-order chi connectivity index (χ0) is 20.4. The fourth-order valence-electron chi connectivity index (χ4n) is 2.82. The third-order valence-corrected chi connectivity index (χ3v) is 4.76. The number of hydrogen-bond acceptors (Lipinski definition) is 4. The van der Waals surface area contributed by atoms with Crippen LogP contribution < -0.4 is 20.1 Å². The molecule has 7 heteroatoms. The van der Waals surface area contributed by atoms with E-state index in [2.05, 4.69) is 58.8 Å². The van der Waals surface area contributed by atoms with E-state index >= 15 is 0 Å². The second-order valence-corrected chi connectivity index (χ2v) is 6.73. The van der Waals surface area contributed by atoms with Crippen LogP contribution in [0.4, 0.5) is 0 Å². The van der Waals surface area contributed by atoms with E-state index in [4.69, 9.17) is 9.47 Å². The Hall–Kier alpha value is -2.00. The molecule has 0 heterocycles. The van der Waals surface area contributed by atoms with Gasteiger partial charge in [0.25, 0.3) is 0 Å². The standard InChI is InChI=1S/C22H32N4O2.HI/c1-17(26(3)16-18-9-7-6-8-10-18)14-24-22(23-2)25-15-19-11-12-20(27-4)13-21(19)28-5;/h6-13,17H,14-16H2,1-5H3,(H2,23,24,25);1H. The lowest BCUT2D eigenvalue weighted by atomic mass is 10.2. The Kier molecular flexibility index (Phi) is 11.5. The highest BCUT2D eigenvalue weighted by Gasteiger charge is 2.11. The molecule has 1 atom stereocenters. The third kappa shape index (κ3) is 8.10. The third-order valence-electron chi connectivity index (χ3n) is 4.76. The number of aliphatic imine (C=N–C) groups is 1. The molecule has 0 spiro atoms.